The third kappa shape index (κ3) is 2.81. The number of nitrogens with zero attached hydrogens (tertiary/aromatic N) is 3. The predicted molar refractivity (Wildman–Crippen MR) is 77.5 cm³/mol. The Balaban J connectivity index is 2.35. The van der Waals surface area contributed by atoms with Gasteiger partial charge in [-0.15, -0.1) is 0 Å². The largest absolute Gasteiger partial charge is 0.349 e. The first-order valence-corrected chi connectivity index (χ1v) is 7.08. The average molecular weight is 264 g/mol. The van der Waals surface area contributed by atoms with E-state index in [1.165, 1.54) is 0 Å². The standard InChI is InChI=1S/C14H24N4O/c1-10(2)17-7-6-16-13(14(17)19)18-9-12(8-15)5-4-11(18)3/h6-7,10-12H,4-5,8-9,15H2,1-3H3. The number of hydrogen-bond donors (Lipinski definition) is 1. The van der Waals surface area contributed by atoms with Gasteiger partial charge in [-0.1, -0.05) is 0 Å². The van der Waals surface area contributed by atoms with Gasteiger partial charge in [-0.3, -0.25) is 4.79 Å². The normalized spacial score (nSPS) is 23.9. The van der Waals surface area contributed by atoms with Gasteiger partial charge in [-0.25, -0.2) is 4.98 Å². The Morgan fingerprint density at radius 1 is 1.47 bits per heavy atom. The van der Waals surface area contributed by atoms with Crippen LogP contribution in [0, 0.1) is 5.92 Å². The molecule has 1 aromatic heterocycles. The fourth-order valence-corrected chi connectivity index (χ4v) is 2.69. The molecular weight excluding hydrogens is 240 g/mol. The molecule has 0 bridgehead atoms. The zero-order valence-electron chi connectivity index (χ0n) is 12.0. The van der Waals surface area contributed by atoms with E-state index >= 15 is 0 Å². The summed E-state index contributed by atoms with van der Waals surface area (Å²) in [7, 11) is 0. The lowest BCUT2D eigenvalue weighted by atomic mass is 9.93. The molecule has 2 rings (SSSR count). The zero-order valence-corrected chi connectivity index (χ0v) is 12.0. The highest BCUT2D eigenvalue weighted by atomic mass is 16.1. The molecule has 2 N–H and O–H groups in total. The molecule has 0 aromatic carbocycles. The van der Waals surface area contributed by atoms with Gasteiger partial charge in [0.2, 0.25) is 0 Å². The van der Waals surface area contributed by atoms with Crippen LogP contribution in [-0.2, 0) is 0 Å². The van der Waals surface area contributed by atoms with E-state index in [0.29, 0.717) is 24.3 Å². The van der Waals surface area contributed by atoms with Gasteiger partial charge in [-0.2, -0.15) is 0 Å². The van der Waals surface area contributed by atoms with Gasteiger partial charge in [0.1, 0.15) is 0 Å². The van der Waals surface area contributed by atoms with Crippen molar-refractivity contribution in [3.63, 3.8) is 0 Å². The maximum atomic E-state index is 12.5. The summed E-state index contributed by atoms with van der Waals surface area (Å²) in [4.78, 5) is 18.9. The maximum absolute atomic E-state index is 12.5. The van der Waals surface area contributed by atoms with Crippen LogP contribution in [0.25, 0.3) is 0 Å². The highest BCUT2D eigenvalue weighted by Gasteiger charge is 2.27. The Bertz CT molecular complexity index is 483. The van der Waals surface area contributed by atoms with E-state index in [4.69, 9.17) is 5.73 Å². The first-order valence-electron chi connectivity index (χ1n) is 7.08. The summed E-state index contributed by atoms with van der Waals surface area (Å²) in [6, 6.07) is 0.505. The Hall–Kier alpha value is -1.36. The molecule has 0 spiro atoms. The minimum absolute atomic E-state index is 0.00187. The second-order valence-electron chi connectivity index (χ2n) is 5.74. The molecule has 106 valence electrons. The lowest BCUT2D eigenvalue weighted by molar-refractivity contribution is 0.370. The van der Waals surface area contributed by atoms with E-state index in [1.54, 1.807) is 17.0 Å². The number of anilines is 1. The molecule has 2 unspecified atom stereocenters. The van der Waals surface area contributed by atoms with E-state index in [2.05, 4.69) is 16.8 Å². The second-order valence-corrected chi connectivity index (χ2v) is 5.74. The number of hydrogen-bond acceptors (Lipinski definition) is 4. The van der Waals surface area contributed by atoms with Crippen molar-refractivity contribution in [2.45, 2.75) is 45.7 Å². The monoisotopic (exact) mass is 264 g/mol. The molecule has 5 nitrogen and oxygen atoms in total. The SMILES string of the molecule is CC1CCC(CN)CN1c1nccn(C(C)C)c1=O. The van der Waals surface area contributed by atoms with Crippen molar-refractivity contribution in [1.82, 2.24) is 9.55 Å². The number of piperidine rings is 1. The van der Waals surface area contributed by atoms with Crippen LogP contribution in [0.5, 0.6) is 0 Å². The molecule has 0 saturated carbocycles. The quantitative estimate of drug-likeness (QED) is 0.896. The minimum Gasteiger partial charge on any atom is -0.349 e. The Morgan fingerprint density at radius 2 is 2.21 bits per heavy atom. The first-order chi connectivity index (χ1) is 9.04. The molecule has 0 amide bonds. The molecule has 19 heavy (non-hydrogen) atoms. The number of aromatic nitrogens is 2. The van der Waals surface area contributed by atoms with Crippen LogP contribution < -0.4 is 16.2 Å². The summed E-state index contributed by atoms with van der Waals surface area (Å²) in [5.41, 5.74) is 5.78. The van der Waals surface area contributed by atoms with Crippen LogP contribution in [0.2, 0.25) is 0 Å². The van der Waals surface area contributed by atoms with E-state index in [-0.39, 0.29) is 11.6 Å². The minimum atomic E-state index is 0.00187. The van der Waals surface area contributed by atoms with Crippen molar-refractivity contribution in [2.24, 2.45) is 11.7 Å². The van der Waals surface area contributed by atoms with Gasteiger partial charge in [-0.05, 0) is 46.1 Å². The highest BCUT2D eigenvalue weighted by molar-refractivity contribution is 5.38. The van der Waals surface area contributed by atoms with Gasteiger partial charge >= 0.3 is 0 Å². The van der Waals surface area contributed by atoms with E-state index < -0.39 is 0 Å². The van der Waals surface area contributed by atoms with Crippen LogP contribution in [-0.4, -0.2) is 28.7 Å². The van der Waals surface area contributed by atoms with Crippen LogP contribution in [0.15, 0.2) is 17.2 Å². The number of rotatable bonds is 3. The van der Waals surface area contributed by atoms with Gasteiger partial charge in [0, 0.05) is 31.0 Å². The topological polar surface area (TPSA) is 64.2 Å². The van der Waals surface area contributed by atoms with Crippen LogP contribution in [0.4, 0.5) is 5.82 Å². The Morgan fingerprint density at radius 3 is 2.84 bits per heavy atom. The summed E-state index contributed by atoms with van der Waals surface area (Å²) >= 11 is 0. The van der Waals surface area contributed by atoms with Crippen molar-refractivity contribution in [3.8, 4) is 0 Å². The Kier molecular flexibility index (Phi) is 4.24. The first kappa shape index (κ1) is 14.1. The maximum Gasteiger partial charge on any atom is 0.293 e. The molecule has 2 atom stereocenters. The molecule has 1 aliphatic heterocycles. The number of nitrogens with two attached hydrogens (primary N) is 1. The van der Waals surface area contributed by atoms with Crippen molar-refractivity contribution < 1.29 is 0 Å². The predicted octanol–water partition coefficient (Wildman–Crippen LogP) is 1.39. The van der Waals surface area contributed by atoms with Crippen LogP contribution in [0.1, 0.15) is 39.7 Å². The van der Waals surface area contributed by atoms with Crippen molar-refractivity contribution in [1.29, 1.82) is 0 Å². The van der Waals surface area contributed by atoms with Crippen molar-refractivity contribution in [2.75, 3.05) is 18.0 Å². The molecule has 1 aliphatic rings. The van der Waals surface area contributed by atoms with Crippen LogP contribution >= 0.6 is 0 Å². The third-order valence-electron chi connectivity index (χ3n) is 3.99. The molecular formula is C14H24N4O. The highest BCUT2D eigenvalue weighted by Crippen LogP contribution is 2.24. The molecule has 0 radical (unpaired) electrons. The summed E-state index contributed by atoms with van der Waals surface area (Å²) in [5.74, 6) is 1.03. The molecule has 5 heteroatoms. The average Bonchev–Trinajstić information content (AvgIpc) is 2.39. The van der Waals surface area contributed by atoms with Crippen LogP contribution in [0.3, 0.4) is 0 Å². The smallest absolute Gasteiger partial charge is 0.293 e. The molecule has 1 fully saturated rings. The third-order valence-corrected chi connectivity index (χ3v) is 3.99. The fraction of sp³-hybridized carbons (Fsp3) is 0.714. The van der Waals surface area contributed by atoms with Crippen molar-refractivity contribution >= 4 is 5.82 Å². The lowest BCUT2D eigenvalue weighted by Crippen LogP contribution is -2.47. The molecule has 1 saturated heterocycles. The van der Waals surface area contributed by atoms with Gasteiger partial charge in [0.05, 0.1) is 0 Å². The van der Waals surface area contributed by atoms with Crippen molar-refractivity contribution in [3.05, 3.63) is 22.7 Å². The molecule has 0 aliphatic carbocycles. The molecule has 1 aromatic rings. The Labute approximate surface area is 114 Å². The summed E-state index contributed by atoms with van der Waals surface area (Å²) in [5, 5.41) is 0. The lowest BCUT2D eigenvalue weighted by Gasteiger charge is -2.38. The van der Waals surface area contributed by atoms with Gasteiger partial charge < -0.3 is 15.2 Å². The zero-order chi connectivity index (χ0) is 14.0. The van der Waals surface area contributed by atoms with E-state index in [9.17, 15) is 4.79 Å². The summed E-state index contributed by atoms with van der Waals surface area (Å²) in [6.07, 6.45) is 5.68. The van der Waals surface area contributed by atoms with Gasteiger partial charge in [0.15, 0.2) is 5.82 Å². The summed E-state index contributed by atoms with van der Waals surface area (Å²) in [6.45, 7) is 7.68. The fourth-order valence-electron chi connectivity index (χ4n) is 2.69. The van der Waals surface area contributed by atoms with E-state index in [1.807, 2.05) is 13.8 Å². The molecule has 2 heterocycles. The summed E-state index contributed by atoms with van der Waals surface area (Å²) < 4.78 is 1.74. The van der Waals surface area contributed by atoms with E-state index in [0.717, 1.165) is 19.4 Å². The van der Waals surface area contributed by atoms with Gasteiger partial charge in [0.25, 0.3) is 5.56 Å². The second kappa shape index (κ2) is 5.74.